The van der Waals surface area contributed by atoms with Crippen molar-refractivity contribution < 1.29 is 14.6 Å². The normalized spacial score (nSPS) is 13.8. The number of ether oxygens (including phenoxy) is 2. The topological polar surface area (TPSA) is 79.7 Å². The van der Waals surface area contributed by atoms with Gasteiger partial charge in [-0.05, 0) is 59.7 Å². The molecule has 3 aromatic carbocycles. The number of nitrogens with zero attached hydrogens (tertiary/aromatic N) is 3. The molecule has 1 aliphatic heterocycles. The highest BCUT2D eigenvalue weighted by molar-refractivity contribution is 5.94. The van der Waals surface area contributed by atoms with Crippen molar-refractivity contribution in [2.75, 3.05) is 43.6 Å². The number of phenols is 1. The van der Waals surface area contributed by atoms with E-state index in [2.05, 4.69) is 44.5 Å². The van der Waals surface area contributed by atoms with Crippen LogP contribution in [-0.4, -0.2) is 48.5 Å². The van der Waals surface area contributed by atoms with Crippen LogP contribution in [0.2, 0.25) is 0 Å². The lowest BCUT2D eigenvalue weighted by Crippen LogP contribution is -2.36. The van der Waals surface area contributed by atoms with Gasteiger partial charge in [0, 0.05) is 29.9 Å². The summed E-state index contributed by atoms with van der Waals surface area (Å²) in [6, 6.07) is 19.7. The van der Waals surface area contributed by atoms with Gasteiger partial charge in [-0.25, -0.2) is 9.97 Å². The molecule has 0 bridgehead atoms. The zero-order chi connectivity index (χ0) is 21.9. The van der Waals surface area contributed by atoms with Gasteiger partial charge < -0.3 is 24.8 Å². The second kappa shape index (κ2) is 8.72. The summed E-state index contributed by atoms with van der Waals surface area (Å²) in [5, 5.41) is 14.5. The average Bonchev–Trinajstić information content (AvgIpc) is 2.85. The van der Waals surface area contributed by atoms with Crippen LogP contribution in [0.1, 0.15) is 0 Å². The number of benzene rings is 3. The van der Waals surface area contributed by atoms with Crippen LogP contribution in [0.3, 0.4) is 0 Å². The highest BCUT2D eigenvalue weighted by Crippen LogP contribution is 2.34. The molecule has 4 aromatic rings. The Balaban J connectivity index is 1.44. The van der Waals surface area contributed by atoms with Gasteiger partial charge in [0.15, 0.2) is 11.5 Å². The van der Waals surface area contributed by atoms with E-state index >= 15 is 0 Å². The maximum Gasteiger partial charge on any atom is 0.160 e. The van der Waals surface area contributed by atoms with E-state index in [0.717, 1.165) is 59.8 Å². The Morgan fingerprint density at radius 1 is 0.938 bits per heavy atom. The third-order valence-corrected chi connectivity index (χ3v) is 5.65. The predicted octanol–water partition coefficient (Wildman–Crippen LogP) is 4.59. The van der Waals surface area contributed by atoms with E-state index in [1.54, 1.807) is 18.5 Å². The molecule has 32 heavy (non-hydrogen) atoms. The largest absolute Gasteiger partial charge is 0.504 e. The number of hydrogen-bond donors (Lipinski definition) is 2. The molecular weight excluding hydrogens is 404 g/mol. The molecule has 1 fully saturated rings. The molecule has 0 amide bonds. The van der Waals surface area contributed by atoms with E-state index in [9.17, 15) is 5.11 Å². The highest BCUT2D eigenvalue weighted by Gasteiger charge is 2.12. The molecule has 1 aromatic heterocycles. The Labute approximate surface area is 186 Å². The molecule has 5 rings (SSSR count). The van der Waals surface area contributed by atoms with Crippen molar-refractivity contribution in [1.82, 2.24) is 9.97 Å². The van der Waals surface area contributed by atoms with E-state index in [4.69, 9.17) is 9.47 Å². The van der Waals surface area contributed by atoms with Gasteiger partial charge in [0.1, 0.15) is 12.1 Å². The Morgan fingerprint density at radius 2 is 1.69 bits per heavy atom. The quantitative estimate of drug-likeness (QED) is 0.481. The minimum absolute atomic E-state index is 0.105. The maximum atomic E-state index is 10.2. The van der Waals surface area contributed by atoms with Crippen molar-refractivity contribution in [2.45, 2.75) is 0 Å². The maximum absolute atomic E-state index is 10.2. The molecule has 1 saturated heterocycles. The van der Waals surface area contributed by atoms with Crippen molar-refractivity contribution in [3.63, 3.8) is 0 Å². The fourth-order valence-corrected chi connectivity index (χ4v) is 3.92. The Hall–Kier alpha value is -3.84. The first kappa shape index (κ1) is 20.1. The minimum Gasteiger partial charge on any atom is -0.504 e. The second-order valence-corrected chi connectivity index (χ2v) is 7.61. The smallest absolute Gasteiger partial charge is 0.160 e. The summed E-state index contributed by atoms with van der Waals surface area (Å²) in [4.78, 5) is 11.2. The summed E-state index contributed by atoms with van der Waals surface area (Å²) in [6.07, 6.45) is 1.56. The zero-order valence-corrected chi connectivity index (χ0v) is 17.8. The molecule has 0 unspecified atom stereocenters. The van der Waals surface area contributed by atoms with Crippen LogP contribution in [0, 0.1) is 0 Å². The van der Waals surface area contributed by atoms with Gasteiger partial charge in [0.05, 0.1) is 25.8 Å². The van der Waals surface area contributed by atoms with E-state index in [1.165, 1.54) is 12.8 Å². The van der Waals surface area contributed by atoms with Crippen molar-refractivity contribution in [3.05, 3.63) is 67.0 Å². The van der Waals surface area contributed by atoms with Crippen molar-refractivity contribution in [1.29, 1.82) is 0 Å². The molecule has 7 nitrogen and oxygen atoms in total. The van der Waals surface area contributed by atoms with E-state index in [0.29, 0.717) is 5.75 Å². The third-order valence-electron chi connectivity index (χ3n) is 5.65. The fraction of sp³-hybridized carbons (Fsp3) is 0.200. The average molecular weight is 428 g/mol. The van der Waals surface area contributed by atoms with Gasteiger partial charge in [0.25, 0.3) is 0 Å². The van der Waals surface area contributed by atoms with Crippen LogP contribution < -0.4 is 15.0 Å². The van der Waals surface area contributed by atoms with E-state index in [1.807, 2.05) is 24.3 Å². The molecular formula is C25H24N4O3. The molecule has 0 atom stereocenters. The van der Waals surface area contributed by atoms with Crippen LogP contribution in [0.15, 0.2) is 67.0 Å². The molecule has 2 N–H and O–H groups in total. The molecule has 0 aliphatic carbocycles. The number of methoxy groups -OCH3 is 1. The Morgan fingerprint density at radius 3 is 2.44 bits per heavy atom. The van der Waals surface area contributed by atoms with Gasteiger partial charge in [-0.3, -0.25) is 0 Å². The van der Waals surface area contributed by atoms with Gasteiger partial charge >= 0.3 is 0 Å². The van der Waals surface area contributed by atoms with Crippen molar-refractivity contribution in [2.24, 2.45) is 0 Å². The van der Waals surface area contributed by atoms with Crippen LogP contribution in [0.4, 0.5) is 17.2 Å². The number of aromatic hydroxyl groups is 1. The fourth-order valence-electron chi connectivity index (χ4n) is 3.92. The third kappa shape index (κ3) is 4.02. The molecule has 0 spiro atoms. The molecule has 1 aliphatic rings. The number of anilines is 3. The predicted molar refractivity (Wildman–Crippen MR) is 126 cm³/mol. The first-order chi connectivity index (χ1) is 15.7. The SMILES string of the molecule is COc1ccc(-c2ccc3ncnc(Nc4ccc(N5CCOCC5)cc4)c3c2)cc1O. The summed E-state index contributed by atoms with van der Waals surface area (Å²) in [5.41, 5.74) is 4.82. The number of aromatic nitrogens is 2. The van der Waals surface area contributed by atoms with Crippen molar-refractivity contribution in [3.8, 4) is 22.6 Å². The summed E-state index contributed by atoms with van der Waals surface area (Å²) >= 11 is 0. The first-order valence-corrected chi connectivity index (χ1v) is 10.5. The molecule has 7 heteroatoms. The highest BCUT2D eigenvalue weighted by atomic mass is 16.5. The van der Waals surface area contributed by atoms with Crippen LogP contribution >= 0.6 is 0 Å². The van der Waals surface area contributed by atoms with E-state index in [-0.39, 0.29) is 5.75 Å². The summed E-state index contributed by atoms with van der Waals surface area (Å²) in [7, 11) is 1.54. The molecule has 0 radical (unpaired) electrons. The molecule has 0 saturated carbocycles. The zero-order valence-electron chi connectivity index (χ0n) is 17.8. The lowest BCUT2D eigenvalue weighted by Gasteiger charge is -2.28. The first-order valence-electron chi connectivity index (χ1n) is 10.5. The summed E-state index contributed by atoms with van der Waals surface area (Å²) < 4.78 is 10.6. The van der Waals surface area contributed by atoms with Crippen molar-refractivity contribution >= 4 is 28.1 Å². The van der Waals surface area contributed by atoms with Gasteiger partial charge in [-0.1, -0.05) is 12.1 Å². The summed E-state index contributed by atoms with van der Waals surface area (Å²) in [6.45, 7) is 3.35. The summed E-state index contributed by atoms with van der Waals surface area (Å²) in [5.74, 6) is 1.28. The van der Waals surface area contributed by atoms with Crippen LogP contribution in [0.5, 0.6) is 11.5 Å². The van der Waals surface area contributed by atoms with Gasteiger partial charge in [0.2, 0.25) is 0 Å². The number of rotatable bonds is 5. The van der Waals surface area contributed by atoms with Crippen LogP contribution in [-0.2, 0) is 4.74 Å². The van der Waals surface area contributed by atoms with Gasteiger partial charge in [-0.2, -0.15) is 0 Å². The molecule has 162 valence electrons. The Kier molecular flexibility index (Phi) is 5.47. The van der Waals surface area contributed by atoms with E-state index < -0.39 is 0 Å². The number of morpholine rings is 1. The number of phenolic OH excluding ortho intramolecular Hbond substituents is 1. The van der Waals surface area contributed by atoms with Gasteiger partial charge in [-0.15, -0.1) is 0 Å². The lowest BCUT2D eigenvalue weighted by atomic mass is 10.0. The second-order valence-electron chi connectivity index (χ2n) is 7.61. The number of fused-ring (bicyclic) bond motifs is 1. The standard InChI is InChI=1S/C25H24N4O3/c1-31-24-9-3-18(15-23(24)30)17-2-8-22-21(14-17)25(27-16-26-22)28-19-4-6-20(7-5-19)29-10-12-32-13-11-29/h2-9,14-16,30H,10-13H2,1H3,(H,26,27,28). The Bertz CT molecular complexity index is 1240. The minimum atomic E-state index is 0.105. The monoisotopic (exact) mass is 428 g/mol. The lowest BCUT2D eigenvalue weighted by molar-refractivity contribution is 0.122. The number of nitrogens with one attached hydrogen (secondary N) is 1. The van der Waals surface area contributed by atoms with Crippen LogP contribution in [0.25, 0.3) is 22.0 Å². The number of hydrogen-bond acceptors (Lipinski definition) is 7. The molecule has 2 heterocycles.